The minimum absolute atomic E-state index is 0.165. The van der Waals surface area contributed by atoms with Crippen LogP contribution < -0.4 is 0 Å². The Balaban J connectivity index is 1.86. The summed E-state index contributed by atoms with van der Waals surface area (Å²) < 4.78 is 6.46. The van der Waals surface area contributed by atoms with Crippen molar-refractivity contribution in [2.24, 2.45) is 0 Å². The normalized spacial score (nSPS) is 11.3. The van der Waals surface area contributed by atoms with Gasteiger partial charge < -0.3 is 9.52 Å². The molecule has 0 aliphatic heterocycles. The standard InChI is InChI=1S/C17H11BrO3/c18-13-5-7-16-12(9-13)10-17(21-16)15(20)6-4-11-2-1-3-14(19)8-11/h1-10,19H/b6-4+. The second-order valence-electron chi connectivity index (χ2n) is 4.59. The Morgan fingerprint density at radius 3 is 2.81 bits per heavy atom. The van der Waals surface area contributed by atoms with Crippen molar-refractivity contribution in [3.8, 4) is 5.75 Å². The van der Waals surface area contributed by atoms with Crippen LogP contribution in [0.5, 0.6) is 5.75 Å². The lowest BCUT2D eigenvalue weighted by Gasteiger charge is -1.94. The van der Waals surface area contributed by atoms with Gasteiger partial charge in [0.1, 0.15) is 11.3 Å². The lowest BCUT2D eigenvalue weighted by molar-refractivity contribution is 0.102. The zero-order valence-electron chi connectivity index (χ0n) is 10.9. The van der Waals surface area contributed by atoms with Gasteiger partial charge in [0.25, 0.3) is 0 Å². The van der Waals surface area contributed by atoms with Crippen LogP contribution in [0.4, 0.5) is 0 Å². The molecule has 1 aromatic heterocycles. The van der Waals surface area contributed by atoms with Crippen molar-refractivity contribution < 1.29 is 14.3 Å². The summed E-state index contributed by atoms with van der Waals surface area (Å²) in [6, 6.07) is 14.0. The van der Waals surface area contributed by atoms with E-state index in [1.165, 1.54) is 6.08 Å². The molecule has 0 saturated heterocycles. The second-order valence-corrected chi connectivity index (χ2v) is 5.50. The molecule has 0 saturated carbocycles. The number of phenols is 1. The molecule has 0 fully saturated rings. The highest BCUT2D eigenvalue weighted by molar-refractivity contribution is 9.10. The van der Waals surface area contributed by atoms with Crippen LogP contribution in [-0.4, -0.2) is 10.9 Å². The van der Waals surface area contributed by atoms with Crippen molar-refractivity contribution in [3.05, 3.63) is 70.4 Å². The van der Waals surface area contributed by atoms with Gasteiger partial charge in [-0.25, -0.2) is 0 Å². The molecule has 3 nitrogen and oxygen atoms in total. The average Bonchev–Trinajstić information content (AvgIpc) is 2.88. The minimum Gasteiger partial charge on any atom is -0.508 e. The van der Waals surface area contributed by atoms with Crippen LogP contribution in [0.25, 0.3) is 17.0 Å². The average molecular weight is 343 g/mol. The maximum atomic E-state index is 12.1. The van der Waals surface area contributed by atoms with Crippen molar-refractivity contribution in [1.29, 1.82) is 0 Å². The molecule has 1 heterocycles. The topological polar surface area (TPSA) is 50.4 Å². The molecule has 4 heteroatoms. The summed E-state index contributed by atoms with van der Waals surface area (Å²) in [6.45, 7) is 0. The second kappa shape index (κ2) is 5.58. The van der Waals surface area contributed by atoms with Gasteiger partial charge in [0.2, 0.25) is 5.78 Å². The highest BCUT2D eigenvalue weighted by Gasteiger charge is 2.09. The molecule has 3 aromatic rings. The van der Waals surface area contributed by atoms with Gasteiger partial charge in [0, 0.05) is 9.86 Å². The fraction of sp³-hybridized carbons (Fsp3) is 0. The summed E-state index contributed by atoms with van der Waals surface area (Å²) in [5.41, 5.74) is 1.43. The Morgan fingerprint density at radius 2 is 2.00 bits per heavy atom. The van der Waals surface area contributed by atoms with E-state index in [0.29, 0.717) is 11.3 Å². The Labute approximate surface area is 129 Å². The van der Waals surface area contributed by atoms with Crippen LogP contribution in [0.1, 0.15) is 16.1 Å². The molecule has 0 spiro atoms. The fourth-order valence-electron chi connectivity index (χ4n) is 2.02. The molecule has 0 bridgehead atoms. The van der Waals surface area contributed by atoms with Gasteiger partial charge in [-0.1, -0.05) is 34.1 Å². The lowest BCUT2D eigenvalue weighted by Crippen LogP contribution is -1.90. The van der Waals surface area contributed by atoms with Gasteiger partial charge in [0.15, 0.2) is 5.76 Å². The van der Waals surface area contributed by atoms with Gasteiger partial charge in [-0.3, -0.25) is 4.79 Å². The van der Waals surface area contributed by atoms with Crippen LogP contribution >= 0.6 is 15.9 Å². The molecular formula is C17H11BrO3. The van der Waals surface area contributed by atoms with Gasteiger partial charge >= 0.3 is 0 Å². The first kappa shape index (κ1) is 13.6. The molecule has 0 radical (unpaired) electrons. The molecule has 0 aliphatic rings. The number of halogens is 1. The number of rotatable bonds is 3. The number of carbonyl (C=O) groups excluding carboxylic acids is 1. The third kappa shape index (κ3) is 3.06. The summed E-state index contributed by atoms with van der Waals surface area (Å²) in [5.74, 6) is 0.239. The van der Waals surface area contributed by atoms with Crippen LogP contribution in [0.2, 0.25) is 0 Å². The van der Waals surface area contributed by atoms with Crippen molar-refractivity contribution >= 4 is 38.8 Å². The molecule has 0 aliphatic carbocycles. The number of aromatic hydroxyl groups is 1. The maximum Gasteiger partial charge on any atom is 0.221 e. The predicted octanol–water partition coefficient (Wildman–Crippen LogP) is 4.80. The molecule has 104 valence electrons. The van der Waals surface area contributed by atoms with Gasteiger partial charge in [-0.15, -0.1) is 0 Å². The quantitative estimate of drug-likeness (QED) is 0.549. The number of allylic oxidation sites excluding steroid dienone is 1. The number of hydrogen-bond acceptors (Lipinski definition) is 3. The van der Waals surface area contributed by atoms with E-state index in [4.69, 9.17) is 4.42 Å². The Kier molecular flexibility index (Phi) is 3.62. The number of ketones is 1. The molecule has 2 aromatic carbocycles. The minimum atomic E-state index is -0.217. The Morgan fingerprint density at radius 1 is 1.14 bits per heavy atom. The van der Waals surface area contributed by atoms with Crippen molar-refractivity contribution in [2.75, 3.05) is 0 Å². The first-order chi connectivity index (χ1) is 10.1. The number of benzene rings is 2. The van der Waals surface area contributed by atoms with E-state index in [2.05, 4.69) is 15.9 Å². The van der Waals surface area contributed by atoms with Gasteiger partial charge in [-0.2, -0.15) is 0 Å². The SMILES string of the molecule is O=C(/C=C/c1cccc(O)c1)c1cc2cc(Br)ccc2o1. The predicted molar refractivity (Wildman–Crippen MR) is 85.4 cm³/mol. The van der Waals surface area contributed by atoms with E-state index in [-0.39, 0.29) is 11.5 Å². The van der Waals surface area contributed by atoms with Crippen LogP contribution in [0.3, 0.4) is 0 Å². The van der Waals surface area contributed by atoms with E-state index in [1.807, 2.05) is 18.2 Å². The van der Waals surface area contributed by atoms with Crippen molar-refractivity contribution in [2.45, 2.75) is 0 Å². The van der Waals surface area contributed by atoms with Crippen molar-refractivity contribution in [3.63, 3.8) is 0 Å². The Bertz CT molecular complexity index is 846. The van der Waals surface area contributed by atoms with E-state index in [9.17, 15) is 9.90 Å². The third-order valence-electron chi connectivity index (χ3n) is 3.02. The summed E-state index contributed by atoms with van der Waals surface area (Å²) in [5, 5.41) is 10.2. The number of furan rings is 1. The lowest BCUT2D eigenvalue weighted by atomic mass is 10.1. The largest absolute Gasteiger partial charge is 0.508 e. The highest BCUT2D eigenvalue weighted by Crippen LogP contribution is 2.24. The van der Waals surface area contributed by atoms with E-state index < -0.39 is 0 Å². The summed E-state index contributed by atoms with van der Waals surface area (Å²) in [4.78, 5) is 12.1. The van der Waals surface area contributed by atoms with Gasteiger partial charge in [-0.05, 0) is 48.0 Å². The smallest absolute Gasteiger partial charge is 0.221 e. The highest BCUT2D eigenvalue weighted by atomic mass is 79.9. The van der Waals surface area contributed by atoms with Crippen molar-refractivity contribution in [1.82, 2.24) is 0 Å². The van der Waals surface area contributed by atoms with E-state index >= 15 is 0 Å². The molecule has 0 unspecified atom stereocenters. The first-order valence-electron chi connectivity index (χ1n) is 6.32. The number of fused-ring (bicyclic) bond motifs is 1. The summed E-state index contributed by atoms with van der Waals surface area (Å²) >= 11 is 3.38. The number of carbonyl (C=O) groups is 1. The third-order valence-corrected chi connectivity index (χ3v) is 3.51. The summed E-state index contributed by atoms with van der Waals surface area (Å²) in [7, 11) is 0. The first-order valence-corrected chi connectivity index (χ1v) is 7.12. The Hall–Kier alpha value is -2.33. The van der Waals surface area contributed by atoms with Gasteiger partial charge in [0.05, 0.1) is 0 Å². The van der Waals surface area contributed by atoms with E-state index in [1.54, 1.807) is 36.4 Å². The molecule has 21 heavy (non-hydrogen) atoms. The fourth-order valence-corrected chi connectivity index (χ4v) is 2.40. The zero-order valence-corrected chi connectivity index (χ0v) is 12.5. The summed E-state index contributed by atoms with van der Waals surface area (Å²) in [6.07, 6.45) is 3.08. The number of phenolic OH excluding ortho intramolecular Hbond substituents is 1. The van der Waals surface area contributed by atoms with Crippen LogP contribution in [0, 0.1) is 0 Å². The molecule has 0 amide bonds. The van der Waals surface area contributed by atoms with Crippen LogP contribution in [0.15, 0.2) is 63.5 Å². The molecule has 0 atom stereocenters. The zero-order chi connectivity index (χ0) is 14.8. The molecule has 3 rings (SSSR count). The molecular weight excluding hydrogens is 332 g/mol. The van der Waals surface area contributed by atoms with Crippen LogP contribution in [-0.2, 0) is 0 Å². The number of hydrogen-bond donors (Lipinski definition) is 1. The maximum absolute atomic E-state index is 12.1. The van der Waals surface area contributed by atoms with E-state index in [0.717, 1.165) is 15.4 Å². The monoisotopic (exact) mass is 342 g/mol. The molecule has 1 N–H and O–H groups in total.